The molecule has 0 fully saturated rings. The molecule has 1 amide bonds. The Morgan fingerprint density at radius 1 is 1.15 bits per heavy atom. The predicted octanol–water partition coefficient (Wildman–Crippen LogP) is 4.81. The Hall–Kier alpha value is -3.07. The maximum absolute atomic E-state index is 10.5. The Labute approximate surface area is 212 Å². The maximum Gasteiger partial charge on any atom is 0.248 e. The van der Waals surface area contributed by atoms with Crippen LogP contribution in [0.3, 0.4) is 0 Å². The standard InChI is InChI=1S/C18H21BrN2O2.C7H6ClNO2/c1-22-18-12-17(7-4-15(18)13-20)23-11-10-21-9-8-14-2-5-16(19)6-3-14;8-5-3-4(7(9)11)1-2-6(5)10/h2-7,12-13,20-21H,8-11H2,1H3;1-3,10H,(H2,9,11). The molecule has 0 atom stereocenters. The van der Waals surface area contributed by atoms with Gasteiger partial charge in [0.2, 0.25) is 5.91 Å². The van der Waals surface area contributed by atoms with Crippen molar-refractivity contribution in [3.05, 3.63) is 86.8 Å². The Bertz CT molecular complexity index is 1090. The minimum absolute atomic E-state index is 0.0586. The zero-order chi connectivity index (χ0) is 24.9. The summed E-state index contributed by atoms with van der Waals surface area (Å²) in [6.45, 7) is 2.29. The van der Waals surface area contributed by atoms with Gasteiger partial charge in [0.05, 0.1) is 12.1 Å². The zero-order valence-corrected chi connectivity index (χ0v) is 21.0. The second-order valence-electron chi connectivity index (χ2n) is 7.05. The number of ether oxygens (including phenoxy) is 2. The number of halogens is 2. The van der Waals surface area contributed by atoms with Gasteiger partial charge in [0.15, 0.2) is 0 Å². The normalized spacial score (nSPS) is 10.1. The first-order chi connectivity index (χ1) is 16.3. The molecule has 0 bridgehead atoms. The van der Waals surface area contributed by atoms with Crippen molar-refractivity contribution in [1.29, 1.82) is 5.41 Å². The Kier molecular flexibility index (Phi) is 11.4. The van der Waals surface area contributed by atoms with Gasteiger partial charge in [-0.1, -0.05) is 39.7 Å². The van der Waals surface area contributed by atoms with Crippen molar-refractivity contribution >= 4 is 39.7 Å². The van der Waals surface area contributed by atoms with Crippen molar-refractivity contribution in [2.45, 2.75) is 6.42 Å². The summed E-state index contributed by atoms with van der Waals surface area (Å²) >= 11 is 8.94. The molecule has 0 heterocycles. The summed E-state index contributed by atoms with van der Waals surface area (Å²) in [5, 5.41) is 19.7. The van der Waals surface area contributed by atoms with Crippen LogP contribution in [-0.4, -0.2) is 44.0 Å². The first-order valence-corrected chi connectivity index (χ1v) is 11.6. The number of phenols is 1. The number of carbonyl (C=O) groups excluding carboxylic acids is 1. The van der Waals surface area contributed by atoms with Crippen LogP contribution in [-0.2, 0) is 6.42 Å². The number of phenolic OH excluding ortho intramolecular Hbond substituents is 1. The van der Waals surface area contributed by atoms with Crippen LogP contribution in [0.1, 0.15) is 21.5 Å². The van der Waals surface area contributed by atoms with Gasteiger partial charge < -0.3 is 31.0 Å². The van der Waals surface area contributed by atoms with Crippen molar-refractivity contribution in [2.75, 3.05) is 26.8 Å². The summed E-state index contributed by atoms with van der Waals surface area (Å²) in [5.41, 5.74) is 7.30. The van der Waals surface area contributed by atoms with Gasteiger partial charge in [-0.3, -0.25) is 4.79 Å². The van der Waals surface area contributed by atoms with E-state index < -0.39 is 5.91 Å². The van der Waals surface area contributed by atoms with E-state index in [0.29, 0.717) is 12.4 Å². The van der Waals surface area contributed by atoms with Crippen LogP contribution in [0.5, 0.6) is 17.2 Å². The number of nitrogens with two attached hydrogens (primary N) is 1. The van der Waals surface area contributed by atoms with Crippen molar-refractivity contribution in [2.24, 2.45) is 5.73 Å². The van der Waals surface area contributed by atoms with Crippen molar-refractivity contribution < 1.29 is 19.4 Å². The topological polar surface area (TPSA) is 118 Å². The van der Waals surface area contributed by atoms with Crippen LogP contribution in [0.4, 0.5) is 0 Å². The number of carbonyl (C=O) groups is 1. The molecule has 9 heteroatoms. The van der Waals surface area contributed by atoms with E-state index in [9.17, 15) is 4.79 Å². The van der Waals surface area contributed by atoms with Crippen molar-refractivity contribution in [1.82, 2.24) is 5.32 Å². The summed E-state index contributed by atoms with van der Waals surface area (Å²) in [6.07, 6.45) is 2.27. The van der Waals surface area contributed by atoms with Crippen molar-refractivity contribution in [3.8, 4) is 17.2 Å². The van der Waals surface area contributed by atoms with Crippen molar-refractivity contribution in [3.63, 3.8) is 0 Å². The number of primary amides is 1. The molecule has 0 saturated heterocycles. The first kappa shape index (κ1) is 27.2. The van der Waals surface area contributed by atoms with Gasteiger partial charge in [-0.25, -0.2) is 0 Å². The van der Waals surface area contributed by atoms with Gasteiger partial charge in [-0.05, 0) is 61.0 Å². The zero-order valence-electron chi connectivity index (χ0n) is 18.7. The average Bonchev–Trinajstić information content (AvgIpc) is 2.84. The second kappa shape index (κ2) is 14.2. The molecule has 0 aliphatic rings. The number of aromatic hydroxyl groups is 1. The third kappa shape index (κ3) is 9.05. The quantitative estimate of drug-likeness (QED) is 0.214. The number of hydrogen-bond donors (Lipinski definition) is 4. The van der Waals surface area contributed by atoms with E-state index in [1.165, 1.54) is 30.0 Å². The van der Waals surface area contributed by atoms with E-state index in [1.54, 1.807) is 7.11 Å². The molecular weight excluding hydrogens is 522 g/mol. The summed E-state index contributed by atoms with van der Waals surface area (Å²) in [4.78, 5) is 10.5. The highest BCUT2D eigenvalue weighted by Crippen LogP contribution is 2.24. The highest BCUT2D eigenvalue weighted by molar-refractivity contribution is 9.10. The highest BCUT2D eigenvalue weighted by Gasteiger charge is 2.04. The van der Waals surface area contributed by atoms with E-state index in [2.05, 4.69) is 45.5 Å². The molecule has 0 aromatic heterocycles. The fourth-order valence-electron chi connectivity index (χ4n) is 2.81. The molecule has 0 saturated carbocycles. The molecule has 7 nitrogen and oxygen atoms in total. The average molecular weight is 549 g/mol. The predicted molar refractivity (Wildman–Crippen MR) is 139 cm³/mol. The smallest absolute Gasteiger partial charge is 0.248 e. The van der Waals surface area contributed by atoms with Crippen LogP contribution >= 0.6 is 27.5 Å². The molecule has 3 rings (SSSR count). The molecule has 0 spiro atoms. The number of rotatable bonds is 10. The lowest BCUT2D eigenvalue weighted by Crippen LogP contribution is -2.23. The Balaban J connectivity index is 0.000000310. The molecule has 180 valence electrons. The molecule has 5 N–H and O–H groups in total. The summed E-state index contributed by atoms with van der Waals surface area (Å²) in [7, 11) is 1.59. The van der Waals surface area contributed by atoms with Crippen LogP contribution in [0.15, 0.2) is 65.1 Å². The van der Waals surface area contributed by atoms with Gasteiger partial charge >= 0.3 is 0 Å². The SMILES string of the molecule is COc1cc(OCCNCCc2ccc(Br)cc2)ccc1C=N.NC(=O)c1ccc(O)c(Cl)c1. The molecule has 3 aromatic rings. The van der Waals surface area contributed by atoms with Crippen LogP contribution in [0, 0.1) is 5.41 Å². The summed E-state index contributed by atoms with van der Waals surface area (Å²) in [6, 6.07) is 17.9. The minimum Gasteiger partial charge on any atom is -0.506 e. The minimum atomic E-state index is -0.563. The van der Waals surface area contributed by atoms with Crippen LogP contribution in [0.25, 0.3) is 0 Å². The van der Waals surface area contributed by atoms with E-state index in [-0.39, 0.29) is 16.3 Å². The largest absolute Gasteiger partial charge is 0.506 e. The third-order valence-corrected chi connectivity index (χ3v) is 5.48. The molecule has 0 unspecified atom stereocenters. The van der Waals surface area contributed by atoms with Crippen LogP contribution < -0.4 is 20.5 Å². The molecular formula is C25H27BrClN3O4. The van der Waals surface area contributed by atoms with E-state index >= 15 is 0 Å². The van der Waals surface area contributed by atoms with Crippen LogP contribution in [0.2, 0.25) is 5.02 Å². The maximum atomic E-state index is 10.5. The number of nitrogens with one attached hydrogen (secondary N) is 2. The summed E-state index contributed by atoms with van der Waals surface area (Å²) in [5.74, 6) is 0.784. The highest BCUT2D eigenvalue weighted by atomic mass is 79.9. The lowest BCUT2D eigenvalue weighted by molar-refractivity contribution is 0.100. The third-order valence-electron chi connectivity index (χ3n) is 4.64. The fraction of sp³-hybridized carbons (Fsp3) is 0.200. The number of amides is 1. The van der Waals surface area contributed by atoms with E-state index in [0.717, 1.165) is 35.3 Å². The number of methoxy groups -OCH3 is 1. The monoisotopic (exact) mass is 547 g/mol. The second-order valence-corrected chi connectivity index (χ2v) is 8.38. The van der Waals surface area contributed by atoms with E-state index in [1.807, 2.05) is 18.2 Å². The lowest BCUT2D eigenvalue weighted by atomic mass is 10.1. The number of hydrogen-bond acceptors (Lipinski definition) is 6. The van der Waals surface area contributed by atoms with Gasteiger partial charge in [-0.15, -0.1) is 0 Å². The molecule has 0 aliphatic carbocycles. The van der Waals surface area contributed by atoms with Gasteiger partial charge in [-0.2, -0.15) is 0 Å². The fourth-order valence-corrected chi connectivity index (χ4v) is 3.26. The summed E-state index contributed by atoms with van der Waals surface area (Å²) < 4.78 is 12.0. The molecule has 0 radical (unpaired) electrons. The Morgan fingerprint density at radius 3 is 2.50 bits per heavy atom. The molecule has 0 aliphatic heterocycles. The van der Waals surface area contributed by atoms with E-state index in [4.69, 9.17) is 37.3 Å². The molecule has 34 heavy (non-hydrogen) atoms. The molecule has 3 aromatic carbocycles. The number of benzene rings is 3. The Morgan fingerprint density at radius 2 is 1.88 bits per heavy atom. The van der Waals surface area contributed by atoms with Gasteiger partial charge in [0.25, 0.3) is 0 Å². The lowest BCUT2D eigenvalue weighted by Gasteiger charge is -2.10. The van der Waals surface area contributed by atoms with Gasteiger partial charge in [0, 0.05) is 34.4 Å². The van der Waals surface area contributed by atoms with Gasteiger partial charge in [0.1, 0.15) is 23.9 Å². The first-order valence-electron chi connectivity index (χ1n) is 10.4.